The number of carbonyl (C=O) groups excluding carboxylic acids is 2. The molecule has 2 N–H and O–H groups in total. The third-order valence-corrected chi connectivity index (χ3v) is 5.90. The van der Waals surface area contributed by atoms with E-state index in [1.165, 1.54) is 46.6 Å². The van der Waals surface area contributed by atoms with Crippen molar-refractivity contribution in [1.82, 2.24) is 5.32 Å². The molecule has 3 aromatic carbocycles. The molecule has 34 heavy (non-hydrogen) atoms. The number of fused-ring (bicyclic) bond motifs is 1. The van der Waals surface area contributed by atoms with Crippen molar-refractivity contribution in [3.8, 4) is 0 Å². The van der Waals surface area contributed by atoms with E-state index in [1.807, 2.05) is 0 Å². The molecule has 1 aliphatic rings. The minimum Gasteiger partial charge on any atom is -0.367 e. The van der Waals surface area contributed by atoms with Crippen LogP contribution in [0.1, 0.15) is 23.1 Å². The van der Waals surface area contributed by atoms with Gasteiger partial charge in [-0.25, -0.2) is 0 Å². The maximum atomic E-state index is 12.0. The Morgan fingerprint density at radius 1 is 0.912 bits per heavy atom. The van der Waals surface area contributed by atoms with Gasteiger partial charge in [-0.2, -0.15) is 0 Å². The number of amides is 2. The molecule has 2 amide bonds. The third kappa shape index (κ3) is 5.78. The van der Waals surface area contributed by atoms with Gasteiger partial charge in [0.25, 0.3) is 5.69 Å². The smallest absolute Gasteiger partial charge is 0.313 e. The molecule has 0 unspecified atom stereocenters. The molecule has 0 saturated carbocycles. The highest BCUT2D eigenvalue weighted by atomic mass is 16.6. The fourth-order valence-corrected chi connectivity index (χ4v) is 4.02. The van der Waals surface area contributed by atoms with Gasteiger partial charge in [0, 0.05) is 43.1 Å². The van der Waals surface area contributed by atoms with E-state index in [9.17, 15) is 19.7 Å². The zero-order valence-corrected chi connectivity index (χ0v) is 18.7. The quantitative estimate of drug-likeness (QED) is 0.242. The van der Waals surface area contributed by atoms with E-state index in [4.69, 9.17) is 0 Å². The Morgan fingerprint density at radius 2 is 1.62 bits per heavy atom. The van der Waals surface area contributed by atoms with Gasteiger partial charge in [-0.15, -0.1) is 0 Å². The topological polar surface area (TPSA) is 105 Å². The second-order valence-electron chi connectivity index (χ2n) is 8.22. The highest BCUT2D eigenvalue weighted by molar-refractivity contribution is 6.39. The fourth-order valence-electron chi connectivity index (χ4n) is 4.02. The number of nitrogens with one attached hydrogen (secondary N) is 2. The average Bonchev–Trinajstić information content (AvgIpc) is 2.87. The lowest BCUT2D eigenvalue weighted by Crippen LogP contribution is -2.36. The lowest BCUT2D eigenvalue weighted by Gasteiger charge is -2.30. The molecule has 8 heteroatoms. The number of nitro benzene ring substituents is 1. The van der Waals surface area contributed by atoms with Gasteiger partial charge >= 0.3 is 11.8 Å². The average molecular weight is 459 g/mol. The number of nitro groups is 1. The summed E-state index contributed by atoms with van der Waals surface area (Å²) >= 11 is 0. The molecule has 3 aromatic rings. The molecule has 8 nitrogen and oxygen atoms in total. The maximum absolute atomic E-state index is 12.0. The number of hydrogen-bond acceptors (Lipinski definition) is 5. The zero-order valence-electron chi connectivity index (χ0n) is 18.7. The Hall–Kier alpha value is -4.20. The lowest BCUT2D eigenvalue weighted by atomic mass is 9.99. The second kappa shape index (κ2) is 10.6. The van der Waals surface area contributed by atoms with E-state index in [2.05, 4.69) is 64.1 Å². The maximum Gasteiger partial charge on any atom is 0.313 e. The Kier molecular flexibility index (Phi) is 7.17. The number of nitrogens with zero attached hydrogens (tertiary/aromatic N) is 2. The highest BCUT2D eigenvalue weighted by Gasteiger charge is 2.16. The summed E-state index contributed by atoms with van der Waals surface area (Å²) in [4.78, 5) is 36.5. The zero-order chi connectivity index (χ0) is 23.9. The molecule has 174 valence electrons. The minimum absolute atomic E-state index is 0.0863. The summed E-state index contributed by atoms with van der Waals surface area (Å²) in [5.74, 6) is -1.54. The van der Waals surface area contributed by atoms with Gasteiger partial charge in [0.05, 0.1) is 4.92 Å². The first-order chi connectivity index (χ1) is 16.5. The predicted molar refractivity (Wildman–Crippen MR) is 131 cm³/mol. The second-order valence-corrected chi connectivity index (χ2v) is 8.22. The lowest BCUT2D eigenvalue weighted by molar-refractivity contribution is -0.384. The van der Waals surface area contributed by atoms with Crippen molar-refractivity contribution in [1.29, 1.82) is 0 Å². The monoisotopic (exact) mass is 458 g/mol. The number of anilines is 2. The van der Waals surface area contributed by atoms with Crippen LogP contribution in [0.2, 0.25) is 0 Å². The summed E-state index contributed by atoms with van der Waals surface area (Å²) < 4.78 is 0. The number of carbonyl (C=O) groups is 2. The molecular formula is C26H26N4O4. The van der Waals surface area contributed by atoms with E-state index in [0.717, 1.165) is 25.9 Å². The van der Waals surface area contributed by atoms with Gasteiger partial charge in [0.2, 0.25) is 0 Å². The summed E-state index contributed by atoms with van der Waals surface area (Å²) in [6.45, 7) is 2.30. The van der Waals surface area contributed by atoms with Gasteiger partial charge in [-0.3, -0.25) is 19.7 Å². The van der Waals surface area contributed by atoms with Crippen LogP contribution in [0.3, 0.4) is 0 Å². The van der Waals surface area contributed by atoms with Gasteiger partial charge in [0.1, 0.15) is 0 Å². The molecular weight excluding hydrogens is 432 g/mol. The molecule has 0 aliphatic carbocycles. The van der Waals surface area contributed by atoms with E-state index < -0.39 is 16.7 Å². The van der Waals surface area contributed by atoms with E-state index in [-0.39, 0.29) is 5.69 Å². The molecule has 0 aromatic heterocycles. The molecule has 0 radical (unpaired) electrons. The van der Waals surface area contributed by atoms with Crippen molar-refractivity contribution >= 4 is 28.9 Å². The van der Waals surface area contributed by atoms with Crippen LogP contribution >= 0.6 is 0 Å². The van der Waals surface area contributed by atoms with Gasteiger partial charge < -0.3 is 15.5 Å². The Balaban J connectivity index is 1.19. The Morgan fingerprint density at radius 3 is 2.32 bits per heavy atom. The molecule has 0 fully saturated rings. The van der Waals surface area contributed by atoms with Crippen molar-refractivity contribution in [3.63, 3.8) is 0 Å². The molecule has 0 atom stereocenters. The van der Waals surface area contributed by atoms with Crippen LogP contribution in [0, 0.1) is 10.1 Å². The number of aryl methyl sites for hydroxylation is 1. The molecule has 0 bridgehead atoms. The molecule has 0 spiro atoms. The SMILES string of the molecule is O=C(NCCCc1ccc(N2CCc3ccccc3C2)cc1)C(=O)Nc1ccc([N+](=O)[O-])cc1. The van der Waals surface area contributed by atoms with Crippen LogP contribution in [0.15, 0.2) is 72.8 Å². The van der Waals surface area contributed by atoms with Crippen LogP contribution in [0.5, 0.6) is 0 Å². The highest BCUT2D eigenvalue weighted by Crippen LogP contribution is 2.24. The predicted octanol–water partition coefficient (Wildman–Crippen LogP) is 3.85. The molecule has 0 saturated heterocycles. The normalized spacial score (nSPS) is 12.5. The number of benzene rings is 3. The standard InChI is InChI=1S/C26H26N4O4/c31-25(26(32)28-22-9-13-24(14-10-22)30(33)34)27-16-3-4-19-7-11-23(12-8-19)29-17-15-20-5-1-2-6-21(20)18-29/h1-2,5-14H,3-4,15-18H2,(H,27,31)(H,28,32). The van der Waals surface area contributed by atoms with Crippen LogP contribution in [0.25, 0.3) is 0 Å². The Labute approximate surface area is 197 Å². The molecule has 4 rings (SSSR count). The first-order valence-electron chi connectivity index (χ1n) is 11.2. The third-order valence-electron chi connectivity index (χ3n) is 5.90. The molecule has 1 heterocycles. The number of non-ortho nitro benzene ring substituents is 1. The van der Waals surface area contributed by atoms with Gasteiger partial charge in [-0.05, 0) is 60.2 Å². The van der Waals surface area contributed by atoms with Gasteiger partial charge in [-0.1, -0.05) is 36.4 Å². The summed E-state index contributed by atoms with van der Waals surface area (Å²) in [7, 11) is 0. The first-order valence-corrected chi connectivity index (χ1v) is 11.2. The fraction of sp³-hybridized carbons (Fsp3) is 0.231. The van der Waals surface area contributed by atoms with Crippen molar-refractivity contribution in [2.24, 2.45) is 0 Å². The number of hydrogen-bond donors (Lipinski definition) is 2. The summed E-state index contributed by atoms with van der Waals surface area (Å²) in [5, 5.41) is 15.7. The van der Waals surface area contributed by atoms with Gasteiger partial charge in [0.15, 0.2) is 0 Å². The minimum atomic E-state index is -0.804. The van der Waals surface area contributed by atoms with Crippen molar-refractivity contribution in [2.75, 3.05) is 23.3 Å². The van der Waals surface area contributed by atoms with E-state index >= 15 is 0 Å². The molecule has 1 aliphatic heterocycles. The van der Waals surface area contributed by atoms with Crippen LogP contribution in [-0.2, 0) is 29.0 Å². The van der Waals surface area contributed by atoms with Crippen molar-refractivity contribution in [2.45, 2.75) is 25.8 Å². The summed E-state index contributed by atoms with van der Waals surface area (Å²) in [5.41, 5.74) is 5.42. The Bertz CT molecular complexity index is 1180. The van der Waals surface area contributed by atoms with Crippen LogP contribution in [-0.4, -0.2) is 29.8 Å². The van der Waals surface area contributed by atoms with Crippen molar-refractivity contribution < 1.29 is 14.5 Å². The van der Waals surface area contributed by atoms with E-state index in [0.29, 0.717) is 18.7 Å². The van der Waals surface area contributed by atoms with Crippen LogP contribution in [0.4, 0.5) is 17.1 Å². The summed E-state index contributed by atoms with van der Waals surface area (Å²) in [6.07, 6.45) is 2.54. The van der Waals surface area contributed by atoms with Crippen molar-refractivity contribution in [3.05, 3.63) is 99.6 Å². The van der Waals surface area contributed by atoms with Crippen LogP contribution < -0.4 is 15.5 Å². The summed E-state index contributed by atoms with van der Waals surface area (Å²) in [6, 6.07) is 22.4. The largest absolute Gasteiger partial charge is 0.367 e. The first kappa shape index (κ1) is 23.0. The van der Waals surface area contributed by atoms with E-state index in [1.54, 1.807) is 0 Å². The number of rotatable bonds is 7.